The van der Waals surface area contributed by atoms with Crippen molar-refractivity contribution < 1.29 is 14.6 Å². The number of allylic oxidation sites excluding steroid dienone is 6. The van der Waals surface area contributed by atoms with Crippen molar-refractivity contribution in [1.29, 1.82) is 0 Å². The van der Waals surface area contributed by atoms with Crippen LogP contribution in [0.25, 0.3) is 10.9 Å². The van der Waals surface area contributed by atoms with Crippen molar-refractivity contribution in [3.8, 4) is 5.75 Å². The fraction of sp³-hybridized carbons (Fsp3) is 0.310. The summed E-state index contributed by atoms with van der Waals surface area (Å²) < 4.78 is 8.32. The molecule has 6 nitrogen and oxygen atoms in total. The number of aryl methyl sites for hydroxylation is 1. The zero-order valence-corrected chi connectivity index (χ0v) is 22.5. The van der Waals surface area contributed by atoms with Crippen LogP contribution in [0.5, 0.6) is 5.75 Å². The van der Waals surface area contributed by atoms with Crippen molar-refractivity contribution in [3.63, 3.8) is 0 Å². The molecule has 8 heteroatoms. The molecule has 0 amide bonds. The Kier molecular flexibility index (Phi) is 8.95. The fourth-order valence-electron chi connectivity index (χ4n) is 4.49. The van der Waals surface area contributed by atoms with E-state index in [1.165, 1.54) is 12.0 Å². The largest absolute Gasteiger partial charge is 0.493 e. The van der Waals surface area contributed by atoms with Crippen LogP contribution in [0, 0.1) is 0 Å². The number of fused-ring (bicyclic) bond motifs is 2. The van der Waals surface area contributed by atoms with Crippen molar-refractivity contribution in [1.82, 2.24) is 9.55 Å². The number of aliphatic carboxylic acids is 1. The summed E-state index contributed by atoms with van der Waals surface area (Å²) in [6.07, 6.45) is 11.8. The molecular formula is C29H31Cl2N3O3. The molecule has 5 rings (SSSR count). The average Bonchev–Trinajstić information content (AvgIpc) is 3.20. The quantitative estimate of drug-likeness (QED) is 0.345. The van der Waals surface area contributed by atoms with E-state index < -0.39 is 5.97 Å². The molecule has 2 aromatic heterocycles. The maximum absolute atomic E-state index is 9.00. The van der Waals surface area contributed by atoms with Gasteiger partial charge in [-0.15, -0.1) is 0 Å². The lowest BCUT2D eigenvalue weighted by Crippen LogP contribution is -2.14. The highest BCUT2D eigenvalue weighted by molar-refractivity contribution is 6.34. The van der Waals surface area contributed by atoms with Gasteiger partial charge in [-0.2, -0.15) is 0 Å². The fourth-order valence-corrected chi connectivity index (χ4v) is 4.99. The number of nitrogens with one attached hydrogen (secondary N) is 1. The Morgan fingerprint density at radius 1 is 1.22 bits per heavy atom. The number of hydrogen-bond acceptors (Lipinski definition) is 4. The molecule has 0 radical (unpaired) electrons. The molecule has 1 aliphatic carbocycles. The Labute approximate surface area is 227 Å². The molecule has 0 fully saturated rings. The van der Waals surface area contributed by atoms with Crippen molar-refractivity contribution in [2.75, 3.05) is 18.5 Å². The highest BCUT2D eigenvalue weighted by Crippen LogP contribution is 2.31. The molecule has 0 bridgehead atoms. The third-order valence-corrected chi connectivity index (χ3v) is 6.78. The summed E-state index contributed by atoms with van der Waals surface area (Å²) in [6.45, 7) is 4.86. The van der Waals surface area contributed by atoms with E-state index >= 15 is 0 Å². The molecule has 0 spiro atoms. The lowest BCUT2D eigenvalue weighted by molar-refractivity contribution is -0.134. The van der Waals surface area contributed by atoms with Crippen LogP contribution in [0.1, 0.15) is 44.0 Å². The first kappa shape index (κ1) is 26.8. The predicted molar refractivity (Wildman–Crippen MR) is 151 cm³/mol. The molecule has 3 heterocycles. The van der Waals surface area contributed by atoms with Gasteiger partial charge in [-0.05, 0) is 73.4 Å². The van der Waals surface area contributed by atoms with Gasteiger partial charge in [0.1, 0.15) is 11.6 Å². The zero-order chi connectivity index (χ0) is 26.4. The molecule has 0 saturated carbocycles. The molecule has 1 aliphatic heterocycles. The first-order valence-corrected chi connectivity index (χ1v) is 13.1. The number of pyridine rings is 1. The smallest absolute Gasteiger partial charge is 0.300 e. The Bertz CT molecular complexity index is 1370. The van der Waals surface area contributed by atoms with Gasteiger partial charge in [0.2, 0.25) is 0 Å². The summed E-state index contributed by atoms with van der Waals surface area (Å²) in [5.74, 6) is 1.07. The standard InChI is InChI=1S/C27H27Cl2N3O.C2H4O2/c1-18(20-4-6-22(28)17-23(29)15-20)32-13-10-21-16-25(8-9-26(21)32)33-14-11-24-7-5-19-3-2-12-30-27(19)31-24;1-2(3)4/h4-5,7-10,13,15-18H,2-3,6,11-12,14H2,1H3,(H,30,31);1H3,(H,3,4). The summed E-state index contributed by atoms with van der Waals surface area (Å²) >= 11 is 12.5. The van der Waals surface area contributed by atoms with Crippen LogP contribution < -0.4 is 10.1 Å². The molecule has 2 aliphatic rings. The van der Waals surface area contributed by atoms with Gasteiger partial charge in [0.25, 0.3) is 5.97 Å². The van der Waals surface area contributed by atoms with Crippen LogP contribution in [0.2, 0.25) is 0 Å². The molecule has 194 valence electrons. The van der Waals surface area contributed by atoms with Crippen molar-refractivity contribution in [3.05, 3.63) is 87.7 Å². The highest BCUT2D eigenvalue weighted by Gasteiger charge is 2.15. The van der Waals surface area contributed by atoms with E-state index in [2.05, 4.69) is 59.4 Å². The topological polar surface area (TPSA) is 76.4 Å². The monoisotopic (exact) mass is 539 g/mol. The highest BCUT2D eigenvalue weighted by atomic mass is 35.5. The van der Waals surface area contributed by atoms with Crippen molar-refractivity contribution >= 4 is 45.9 Å². The molecule has 2 N–H and O–H groups in total. The molecule has 1 unspecified atom stereocenters. The summed E-state index contributed by atoms with van der Waals surface area (Å²) in [6, 6.07) is 12.8. The molecule has 3 aromatic rings. The van der Waals surface area contributed by atoms with E-state index in [-0.39, 0.29) is 6.04 Å². The van der Waals surface area contributed by atoms with E-state index in [1.807, 2.05) is 18.2 Å². The van der Waals surface area contributed by atoms with E-state index in [9.17, 15) is 0 Å². The minimum Gasteiger partial charge on any atom is -0.493 e. The third-order valence-electron chi connectivity index (χ3n) is 6.30. The van der Waals surface area contributed by atoms with Gasteiger partial charge in [0.15, 0.2) is 0 Å². The van der Waals surface area contributed by atoms with Gasteiger partial charge in [0.05, 0.1) is 12.6 Å². The number of rotatable bonds is 6. The summed E-state index contributed by atoms with van der Waals surface area (Å²) in [5, 5.41) is 13.4. The number of carboxylic acids is 1. The van der Waals surface area contributed by atoms with Crippen LogP contribution >= 0.6 is 23.2 Å². The van der Waals surface area contributed by atoms with Crippen molar-refractivity contribution in [2.45, 2.75) is 45.6 Å². The van der Waals surface area contributed by atoms with Crippen molar-refractivity contribution in [2.24, 2.45) is 0 Å². The van der Waals surface area contributed by atoms with Gasteiger partial charge in [-0.3, -0.25) is 4.79 Å². The number of halogens is 2. The lowest BCUT2D eigenvalue weighted by Gasteiger charge is -2.18. The summed E-state index contributed by atoms with van der Waals surface area (Å²) in [4.78, 5) is 13.8. The number of aromatic nitrogens is 2. The maximum atomic E-state index is 9.00. The molecule has 1 atom stereocenters. The average molecular weight is 540 g/mol. The Morgan fingerprint density at radius 3 is 2.84 bits per heavy atom. The SMILES string of the molecule is CC(=O)O.CC(C1=CCC(Cl)=CC(Cl)=C1)n1ccc2cc(OCCc3ccc4c(n3)NCCC4)ccc21. The first-order chi connectivity index (χ1) is 17.8. The number of carboxylic acid groups (broad SMARTS) is 1. The lowest BCUT2D eigenvalue weighted by atomic mass is 10.1. The van der Waals surface area contributed by atoms with E-state index in [4.69, 9.17) is 42.8 Å². The number of benzene rings is 1. The third kappa shape index (κ3) is 7.18. The Balaban J connectivity index is 0.000000747. The van der Waals surface area contributed by atoms with Gasteiger partial charge < -0.3 is 19.7 Å². The number of ether oxygens (including phenoxy) is 1. The Morgan fingerprint density at radius 2 is 2.03 bits per heavy atom. The summed E-state index contributed by atoms with van der Waals surface area (Å²) in [5.41, 5.74) is 4.68. The molecule has 0 saturated heterocycles. The van der Waals surface area contributed by atoms with E-state index in [1.54, 1.807) is 0 Å². The van der Waals surface area contributed by atoms with E-state index in [0.717, 1.165) is 65.1 Å². The molecule has 1 aromatic carbocycles. The number of nitrogens with zero attached hydrogens (tertiary/aromatic N) is 2. The van der Waals surface area contributed by atoms with Crippen LogP contribution in [-0.2, 0) is 17.6 Å². The van der Waals surface area contributed by atoms with Gasteiger partial charge in [-0.25, -0.2) is 4.98 Å². The second kappa shape index (κ2) is 12.3. The predicted octanol–water partition coefficient (Wildman–Crippen LogP) is 7.24. The number of hydrogen-bond donors (Lipinski definition) is 2. The van der Waals surface area contributed by atoms with Crippen LogP contribution in [0.4, 0.5) is 5.82 Å². The van der Waals surface area contributed by atoms with Gasteiger partial charge in [-0.1, -0.05) is 35.3 Å². The van der Waals surface area contributed by atoms with Crippen LogP contribution in [-0.4, -0.2) is 33.8 Å². The maximum Gasteiger partial charge on any atom is 0.300 e. The van der Waals surface area contributed by atoms with Gasteiger partial charge >= 0.3 is 0 Å². The van der Waals surface area contributed by atoms with Gasteiger partial charge in [0, 0.05) is 59.2 Å². The Hall–Kier alpha value is -3.22. The molecular weight excluding hydrogens is 509 g/mol. The van der Waals surface area contributed by atoms with E-state index in [0.29, 0.717) is 18.1 Å². The van der Waals surface area contributed by atoms with Crippen LogP contribution in [0.15, 0.2) is 76.5 Å². The second-order valence-corrected chi connectivity index (χ2v) is 10.0. The minimum absolute atomic E-state index is 0.141. The number of carbonyl (C=O) groups is 1. The number of anilines is 1. The normalized spacial score (nSPS) is 15.6. The zero-order valence-electron chi connectivity index (χ0n) is 21.0. The minimum atomic E-state index is -0.833. The van der Waals surface area contributed by atoms with Crippen LogP contribution in [0.3, 0.4) is 0 Å². The molecule has 37 heavy (non-hydrogen) atoms. The summed E-state index contributed by atoms with van der Waals surface area (Å²) in [7, 11) is 0. The second-order valence-electron chi connectivity index (χ2n) is 9.11. The first-order valence-electron chi connectivity index (χ1n) is 12.4.